The second-order valence-electron chi connectivity index (χ2n) is 9.50. The number of carbonyl (C=O) groups excluding carboxylic acids is 2. The molecule has 0 radical (unpaired) electrons. The van der Waals surface area contributed by atoms with Gasteiger partial charge in [0, 0.05) is 32.8 Å². The largest absolute Gasteiger partial charge is 0.444 e. The average Bonchev–Trinajstić information content (AvgIpc) is 3.28. The summed E-state index contributed by atoms with van der Waals surface area (Å²) in [6.07, 6.45) is 11.4. The molecule has 2 atom stereocenters. The Balaban J connectivity index is 1.62. The summed E-state index contributed by atoms with van der Waals surface area (Å²) in [6, 6.07) is 3.97. The molecule has 1 aliphatic rings. The summed E-state index contributed by atoms with van der Waals surface area (Å²) < 4.78 is 7.32. The van der Waals surface area contributed by atoms with Crippen molar-refractivity contribution in [3.63, 3.8) is 0 Å². The zero-order valence-electron chi connectivity index (χ0n) is 21.3. The van der Waals surface area contributed by atoms with E-state index in [-0.39, 0.29) is 31.1 Å². The molecular formula is C26H38N6O3. The fraction of sp³-hybridized carbons (Fsp3) is 0.654. The number of anilines is 1. The first-order valence-electron chi connectivity index (χ1n) is 12.8. The smallest absolute Gasteiger partial charge is 0.307 e. The lowest BCUT2D eigenvalue weighted by atomic mass is 9.92. The van der Waals surface area contributed by atoms with E-state index in [0.29, 0.717) is 31.1 Å². The third kappa shape index (κ3) is 6.93. The van der Waals surface area contributed by atoms with Crippen LogP contribution < -0.4 is 4.90 Å². The van der Waals surface area contributed by atoms with Gasteiger partial charge in [-0.2, -0.15) is 5.26 Å². The molecule has 1 amide bonds. The van der Waals surface area contributed by atoms with E-state index in [4.69, 9.17) is 10.00 Å². The highest BCUT2D eigenvalue weighted by molar-refractivity contribution is 5.88. The predicted molar refractivity (Wildman–Crippen MR) is 134 cm³/mol. The quantitative estimate of drug-likeness (QED) is 0.329. The van der Waals surface area contributed by atoms with E-state index in [1.807, 2.05) is 29.9 Å². The van der Waals surface area contributed by atoms with Gasteiger partial charge in [-0.05, 0) is 24.8 Å². The van der Waals surface area contributed by atoms with Gasteiger partial charge in [-0.3, -0.25) is 14.2 Å². The van der Waals surface area contributed by atoms with E-state index in [1.165, 1.54) is 32.0 Å². The Morgan fingerprint density at radius 1 is 1.23 bits per heavy atom. The summed E-state index contributed by atoms with van der Waals surface area (Å²) in [5, 5.41) is 9.76. The van der Waals surface area contributed by atoms with Crippen molar-refractivity contribution in [1.29, 1.82) is 5.26 Å². The van der Waals surface area contributed by atoms with Gasteiger partial charge in [-0.1, -0.05) is 46.0 Å². The number of carbonyl (C=O) groups is 2. The minimum absolute atomic E-state index is 0.0722. The topological polar surface area (TPSA) is 104 Å². The highest BCUT2D eigenvalue weighted by atomic mass is 16.5. The number of likely N-dealkylation sites (N-methyl/N-ethyl adjacent to an activating group) is 1. The van der Waals surface area contributed by atoms with Crippen LogP contribution in [0.15, 0.2) is 18.6 Å². The summed E-state index contributed by atoms with van der Waals surface area (Å²) in [7, 11) is 1.99. The molecule has 190 valence electrons. The van der Waals surface area contributed by atoms with Crippen LogP contribution in [0.2, 0.25) is 0 Å². The molecule has 2 aromatic rings. The number of hydrogen-bond donors (Lipinski definition) is 0. The fourth-order valence-electron chi connectivity index (χ4n) is 4.76. The summed E-state index contributed by atoms with van der Waals surface area (Å²) >= 11 is 0. The lowest BCUT2D eigenvalue weighted by molar-refractivity contribution is -0.147. The van der Waals surface area contributed by atoms with Gasteiger partial charge in [0.2, 0.25) is 5.91 Å². The van der Waals surface area contributed by atoms with Gasteiger partial charge in [0.15, 0.2) is 6.73 Å². The van der Waals surface area contributed by atoms with Crippen molar-refractivity contribution in [3.8, 4) is 6.07 Å². The van der Waals surface area contributed by atoms with E-state index in [2.05, 4.69) is 28.7 Å². The number of rotatable bonds is 12. The average molecular weight is 483 g/mol. The summed E-state index contributed by atoms with van der Waals surface area (Å²) in [5.41, 5.74) is 0.704. The Labute approximate surface area is 208 Å². The van der Waals surface area contributed by atoms with Crippen LogP contribution in [0.5, 0.6) is 0 Å². The van der Waals surface area contributed by atoms with E-state index in [9.17, 15) is 9.59 Å². The van der Waals surface area contributed by atoms with Crippen LogP contribution in [0.3, 0.4) is 0 Å². The van der Waals surface area contributed by atoms with Crippen LogP contribution in [-0.4, -0.2) is 57.5 Å². The van der Waals surface area contributed by atoms with Crippen molar-refractivity contribution in [2.45, 2.75) is 84.4 Å². The van der Waals surface area contributed by atoms with Gasteiger partial charge >= 0.3 is 5.97 Å². The number of nitriles is 1. The summed E-state index contributed by atoms with van der Waals surface area (Å²) in [4.78, 5) is 37.3. The maximum Gasteiger partial charge on any atom is 0.307 e. The van der Waals surface area contributed by atoms with Gasteiger partial charge in [0.1, 0.15) is 24.2 Å². The van der Waals surface area contributed by atoms with Gasteiger partial charge in [-0.15, -0.1) is 0 Å². The molecule has 35 heavy (non-hydrogen) atoms. The third-order valence-electron chi connectivity index (χ3n) is 6.97. The number of unbranched alkanes of at least 4 members (excludes halogenated alkanes) is 5. The lowest BCUT2D eigenvalue weighted by Gasteiger charge is -2.42. The van der Waals surface area contributed by atoms with E-state index in [0.717, 1.165) is 30.5 Å². The standard InChI is InChI=1S/C26H38N6O3/c1-4-5-6-7-8-9-10-24(34)35-19-32-16-13-21-25(28-18-29-26(21)32)30(3)22-17-31(15-12-20(22)2)23(33)11-14-27/h13,16,18,20,22H,4-12,15,17,19H2,1-3H3/t20-,22+/m1/s1. The molecule has 0 spiro atoms. The number of hydrogen-bond acceptors (Lipinski definition) is 7. The number of amides is 1. The van der Waals surface area contributed by atoms with Gasteiger partial charge in [0.25, 0.3) is 0 Å². The molecule has 2 aromatic heterocycles. The van der Waals surface area contributed by atoms with Crippen LogP contribution >= 0.6 is 0 Å². The molecule has 9 nitrogen and oxygen atoms in total. The molecule has 3 heterocycles. The van der Waals surface area contributed by atoms with Crippen molar-refractivity contribution in [3.05, 3.63) is 18.6 Å². The molecule has 0 N–H and O–H groups in total. The molecule has 1 fully saturated rings. The Morgan fingerprint density at radius 3 is 2.77 bits per heavy atom. The molecule has 1 saturated heterocycles. The molecule has 0 aliphatic carbocycles. The van der Waals surface area contributed by atoms with Gasteiger partial charge in [0.05, 0.1) is 17.5 Å². The Kier molecular flexibility index (Phi) is 9.88. The monoisotopic (exact) mass is 482 g/mol. The first-order chi connectivity index (χ1) is 17.0. The maximum atomic E-state index is 12.3. The molecular weight excluding hydrogens is 444 g/mol. The zero-order chi connectivity index (χ0) is 25.2. The molecule has 0 saturated carbocycles. The zero-order valence-corrected chi connectivity index (χ0v) is 21.3. The van der Waals surface area contributed by atoms with E-state index < -0.39 is 0 Å². The minimum atomic E-state index is -0.188. The second kappa shape index (κ2) is 13.1. The second-order valence-corrected chi connectivity index (χ2v) is 9.50. The molecule has 0 unspecified atom stereocenters. The summed E-state index contributed by atoms with van der Waals surface area (Å²) in [6.45, 7) is 5.72. The van der Waals surface area contributed by atoms with Crippen LogP contribution in [0.4, 0.5) is 5.82 Å². The van der Waals surface area contributed by atoms with Gasteiger partial charge in [-0.25, -0.2) is 9.97 Å². The van der Waals surface area contributed by atoms with Crippen LogP contribution in [0.1, 0.15) is 71.6 Å². The molecule has 3 rings (SSSR count). The molecule has 1 aliphatic heterocycles. The predicted octanol–water partition coefficient (Wildman–Crippen LogP) is 4.27. The minimum Gasteiger partial charge on any atom is -0.444 e. The highest BCUT2D eigenvalue weighted by Gasteiger charge is 2.32. The van der Waals surface area contributed by atoms with E-state index >= 15 is 0 Å². The van der Waals surface area contributed by atoms with Crippen LogP contribution in [0, 0.1) is 17.2 Å². The third-order valence-corrected chi connectivity index (χ3v) is 6.97. The van der Waals surface area contributed by atoms with Crippen LogP contribution in [0.25, 0.3) is 11.0 Å². The summed E-state index contributed by atoms with van der Waals surface area (Å²) in [5.74, 6) is 0.825. The van der Waals surface area contributed by atoms with Crippen molar-refractivity contribution in [1.82, 2.24) is 19.4 Å². The highest BCUT2D eigenvalue weighted by Crippen LogP contribution is 2.29. The number of fused-ring (bicyclic) bond motifs is 1. The Bertz CT molecular complexity index is 1030. The SMILES string of the molecule is CCCCCCCCC(=O)OCn1ccc2c(N(C)[C@H]3CN(C(=O)CC#N)CC[C@H]3C)ncnc21. The van der Waals surface area contributed by atoms with Crippen LogP contribution in [-0.2, 0) is 21.1 Å². The molecule has 0 bridgehead atoms. The van der Waals surface area contributed by atoms with E-state index in [1.54, 1.807) is 4.90 Å². The number of aromatic nitrogens is 3. The normalized spacial score (nSPS) is 17.8. The van der Waals surface area contributed by atoms with Crippen molar-refractivity contribution in [2.24, 2.45) is 5.92 Å². The fourth-order valence-corrected chi connectivity index (χ4v) is 4.76. The number of ether oxygens (including phenoxy) is 1. The number of piperidine rings is 1. The Hall–Kier alpha value is -3.15. The maximum absolute atomic E-state index is 12.3. The Morgan fingerprint density at radius 2 is 2.00 bits per heavy atom. The first-order valence-corrected chi connectivity index (χ1v) is 12.8. The van der Waals surface area contributed by atoms with Crippen molar-refractivity contribution in [2.75, 3.05) is 25.0 Å². The van der Waals surface area contributed by atoms with Crippen molar-refractivity contribution < 1.29 is 14.3 Å². The molecule has 9 heteroatoms. The van der Waals surface area contributed by atoms with Crippen molar-refractivity contribution >= 4 is 28.7 Å². The van der Waals surface area contributed by atoms with Gasteiger partial charge < -0.3 is 14.5 Å². The number of esters is 1. The molecule has 0 aromatic carbocycles. The number of nitrogens with zero attached hydrogens (tertiary/aromatic N) is 6. The lowest BCUT2D eigenvalue weighted by Crippen LogP contribution is -2.52. The first kappa shape index (κ1) is 26.5. The number of likely N-dealkylation sites (tertiary alicyclic amines) is 1.